The van der Waals surface area contributed by atoms with E-state index in [0.717, 1.165) is 19.0 Å². The van der Waals surface area contributed by atoms with Gasteiger partial charge < -0.3 is 10.6 Å². The van der Waals surface area contributed by atoms with E-state index < -0.39 is 0 Å². The summed E-state index contributed by atoms with van der Waals surface area (Å²) in [6, 6.07) is 0. The molecule has 0 unspecified atom stereocenters. The van der Waals surface area contributed by atoms with Gasteiger partial charge in [0.25, 0.3) is 0 Å². The van der Waals surface area contributed by atoms with E-state index in [0.29, 0.717) is 0 Å². The highest BCUT2D eigenvalue weighted by Gasteiger charge is 2.15. The third kappa shape index (κ3) is 3.73. The summed E-state index contributed by atoms with van der Waals surface area (Å²) in [7, 11) is 1.99. The largest absolute Gasteiger partial charge is 0.318 e. The summed E-state index contributed by atoms with van der Waals surface area (Å²) in [6.45, 7) is 3.42. The lowest BCUT2D eigenvalue weighted by Crippen LogP contribution is -2.27. The molecule has 0 bridgehead atoms. The molecule has 0 aliphatic heterocycles. The van der Waals surface area contributed by atoms with Crippen molar-refractivity contribution in [3.63, 3.8) is 0 Å². The van der Waals surface area contributed by atoms with Crippen LogP contribution in [0.1, 0.15) is 25.7 Å². The van der Waals surface area contributed by atoms with E-state index in [1.54, 1.807) is 0 Å². The van der Waals surface area contributed by atoms with Crippen LogP contribution in [0.3, 0.4) is 0 Å². The monoisotopic (exact) mass is 156 g/mol. The van der Waals surface area contributed by atoms with Crippen LogP contribution < -0.4 is 10.6 Å². The number of hydrogen-bond donors (Lipinski definition) is 2. The second-order valence-electron chi connectivity index (χ2n) is 3.44. The predicted octanol–water partition coefficient (Wildman–Crippen LogP) is 0.986. The summed E-state index contributed by atoms with van der Waals surface area (Å²) in [5.74, 6) is 1.05. The zero-order chi connectivity index (χ0) is 7.94. The fourth-order valence-electron chi connectivity index (χ4n) is 1.43. The molecule has 66 valence electrons. The van der Waals surface area contributed by atoms with Crippen molar-refractivity contribution >= 4 is 0 Å². The fraction of sp³-hybridized carbons (Fsp3) is 1.00. The highest BCUT2D eigenvalue weighted by Crippen LogP contribution is 2.28. The van der Waals surface area contributed by atoms with Gasteiger partial charge in [-0.3, -0.25) is 0 Å². The van der Waals surface area contributed by atoms with Crippen LogP contribution in [-0.4, -0.2) is 26.7 Å². The van der Waals surface area contributed by atoms with E-state index in [9.17, 15) is 0 Å². The minimum Gasteiger partial charge on any atom is -0.318 e. The number of nitrogens with one attached hydrogen (secondary N) is 2. The lowest BCUT2D eigenvalue weighted by Gasteiger charge is -2.25. The van der Waals surface area contributed by atoms with Crippen LogP contribution in [-0.2, 0) is 0 Å². The molecule has 0 aromatic carbocycles. The molecule has 0 aromatic heterocycles. The maximum atomic E-state index is 3.42. The maximum Gasteiger partial charge on any atom is 0.00766 e. The quantitative estimate of drug-likeness (QED) is 0.560. The standard InChI is InChI=1S/C9H20N2/c1-10-7-8-11-6-5-9-3-2-4-9/h9-11H,2-8H2,1H3. The first-order chi connectivity index (χ1) is 5.43. The van der Waals surface area contributed by atoms with Gasteiger partial charge in [0.05, 0.1) is 0 Å². The summed E-state index contributed by atoms with van der Waals surface area (Å²) in [5.41, 5.74) is 0. The summed E-state index contributed by atoms with van der Waals surface area (Å²) in [5, 5.41) is 6.54. The van der Waals surface area contributed by atoms with Gasteiger partial charge in [-0.15, -0.1) is 0 Å². The Labute approximate surface area is 69.8 Å². The second-order valence-corrected chi connectivity index (χ2v) is 3.44. The van der Waals surface area contributed by atoms with Crippen LogP contribution in [0.25, 0.3) is 0 Å². The maximum absolute atomic E-state index is 3.42. The molecule has 2 nitrogen and oxygen atoms in total. The van der Waals surface area contributed by atoms with Gasteiger partial charge in [-0.1, -0.05) is 19.3 Å². The molecular formula is C9H20N2. The van der Waals surface area contributed by atoms with E-state index in [-0.39, 0.29) is 0 Å². The summed E-state index contributed by atoms with van der Waals surface area (Å²) < 4.78 is 0. The lowest BCUT2D eigenvalue weighted by atomic mass is 9.83. The van der Waals surface area contributed by atoms with Crippen molar-refractivity contribution in [2.75, 3.05) is 26.7 Å². The van der Waals surface area contributed by atoms with Crippen LogP contribution in [0.2, 0.25) is 0 Å². The molecule has 0 saturated heterocycles. The highest BCUT2D eigenvalue weighted by molar-refractivity contribution is 4.70. The van der Waals surface area contributed by atoms with Crippen molar-refractivity contribution in [1.29, 1.82) is 0 Å². The fourth-order valence-corrected chi connectivity index (χ4v) is 1.43. The van der Waals surface area contributed by atoms with Gasteiger partial charge in [0.1, 0.15) is 0 Å². The molecule has 1 aliphatic carbocycles. The second kappa shape index (κ2) is 5.56. The molecule has 1 fully saturated rings. The van der Waals surface area contributed by atoms with Crippen molar-refractivity contribution in [2.24, 2.45) is 5.92 Å². The third-order valence-corrected chi connectivity index (χ3v) is 2.51. The highest BCUT2D eigenvalue weighted by atomic mass is 14.9. The number of likely N-dealkylation sites (N-methyl/N-ethyl adjacent to an activating group) is 1. The molecule has 0 aromatic rings. The minimum absolute atomic E-state index is 1.05. The van der Waals surface area contributed by atoms with Crippen LogP contribution in [0, 0.1) is 5.92 Å². The Balaban J connectivity index is 1.73. The van der Waals surface area contributed by atoms with Crippen molar-refractivity contribution in [3.05, 3.63) is 0 Å². The van der Waals surface area contributed by atoms with E-state index in [1.165, 1.54) is 32.2 Å². The molecule has 0 radical (unpaired) electrons. The Morgan fingerprint density at radius 1 is 1.18 bits per heavy atom. The van der Waals surface area contributed by atoms with Crippen LogP contribution in [0.15, 0.2) is 0 Å². The minimum atomic E-state index is 1.05. The molecule has 1 aliphatic rings. The Hall–Kier alpha value is -0.0800. The van der Waals surface area contributed by atoms with Crippen LogP contribution >= 0.6 is 0 Å². The van der Waals surface area contributed by atoms with Gasteiger partial charge in [0, 0.05) is 13.1 Å². The third-order valence-electron chi connectivity index (χ3n) is 2.51. The first-order valence-electron chi connectivity index (χ1n) is 4.79. The molecule has 2 N–H and O–H groups in total. The average molecular weight is 156 g/mol. The number of hydrogen-bond acceptors (Lipinski definition) is 2. The van der Waals surface area contributed by atoms with Crippen molar-refractivity contribution < 1.29 is 0 Å². The van der Waals surface area contributed by atoms with E-state index in [4.69, 9.17) is 0 Å². The molecule has 2 heteroatoms. The topological polar surface area (TPSA) is 24.1 Å². The summed E-state index contributed by atoms with van der Waals surface area (Å²) >= 11 is 0. The summed E-state index contributed by atoms with van der Waals surface area (Å²) in [6.07, 6.45) is 5.83. The van der Waals surface area contributed by atoms with Crippen LogP contribution in [0.4, 0.5) is 0 Å². The number of rotatable bonds is 6. The van der Waals surface area contributed by atoms with Gasteiger partial charge in [0.2, 0.25) is 0 Å². The lowest BCUT2D eigenvalue weighted by molar-refractivity contribution is 0.292. The smallest absolute Gasteiger partial charge is 0.00766 e. The van der Waals surface area contributed by atoms with Crippen molar-refractivity contribution in [1.82, 2.24) is 10.6 Å². The Bertz CT molecular complexity index is 89.6. The Morgan fingerprint density at radius 3 is 2.55 bits per heavy atom. The van der Waals surface area contributed by atoms with E-state index >= 15 is 0 Å². The molecule has 11 heavy (non-hydrogen) atoms. The molecule has 1 saturated carbocycles. The SMILES string of the molecule is CNCCNCCC1CCC1. The van der Waals surface area contributed by atoms with Gasteiger partial charge in [0.15, 0.2) is 0 Å². The zero-order valence-electron chi connectivity index (χ0n) is 7.53. The normalized spacial score (nSPS) is 18.3. The van der Waals surface area contributed by atoms with E-state index in [2.05, 4.69) is 10.6 Å². The van der Waals surface area contributed by atoms with Crippen LogP contribution in [0.5, 0.6) is 0 Å². The molecule has 0 amide bonds. The van der Waals surface area contributed by atoms with E-state index in [1.807, 2.05) is 7.05 Å². The molecule has 0 spiro atoms. The Morgan fingerprint density at radius 2 is 2.00 bits per heavy atom. The predicted molar refractivity (Wildman–Crippen MR) is 48.8 cm³/mol. The zero-order valence-corrected chi connectivity index (χ0v) is 7.53. The van der Waals surface area contributed by atoms with Crippen molar-refractivity contribution in [2.45, 2.75) is 25.7 Å². The van der Waals surface area contributed by atoms with Gasteiger partial charge in [-0.25, -0.2) is 0 Å². The van der Waals surface area contributed by atoms with Gasteiger partial charge >= 0.3 is 0 Å². The molecule has 0 atom stereocenters. The van der Waals surface area contributed by atoms with Gasteiger partial charge in [-0.05, 0) is 25.9 Å². The summed E-state index contributed by atoms with van der Waals surface area (Å²) in [4.78, 5) is 0. The molecule has 0 heterocycles. The Kier molecular flexibility index (Phi) is 4.55. The first-order valence-corrected chi connectivity index (χ1v) is 4.79. The molecule has 1 rings (SSSR count). The van der Waals surface area contributed by atoms with Gasteiger partial charge in [-0.2, -0.15) is 0 Å². The molecular weight excluding hydrogens is 136 g/mol. The van der Waals surface area contributed by atoms with Crippen molar-refractivity contribution in [3.8, 4) is 0 Å². The average Bonchev–Trinajstić information content (AvgIpc) is 1.93. The first kappa shape index (κ1) is 9.01.